The molecule has 0 aliphatic carbocycles. The molecule has 238 valence electrons. The number of dihydropyridines is 1. The molecule has 3 aromatic rings. The second-order valence-corrected chi connectivity index (χ2v) is 11.3. The van der Waals surface area contributed by atoms with Gasteiger partial charge >= 0.3 is 11.9 Å². The number of allylic oxidation sites excluding steroid dienone is 2. The zero-order valence-electron chi connectivity index (χ0n) is 26.2. The molecule has 0 spiro atoms. The van der Waals surface area contributed by atoms with Gasteiger partial charge in [-0.1, -0.05) is 72.8 Å². The number of nitro groups is 1. The van der Waals surface area contributed by atoms with Crippen LogP contribution < -0.4 is 22.6 Å². The Hall–Kier alpha value is -4.47. The van der Waals surface area contributed by atoms with Crippen LogP contribution in [0.25, 0.3) is 0 Å². The van der Waals surface area contributed by atoms with Crippen molar-refractivity contribution in [3.63, 3.8) is 0 Å². The molecule has 3 unspecified atom stereocenters. The molecule has 9 nitrogen and oxygen atoms in total. The van der Waals surface area contributed by atoms with Crippen LogP contribution in [0.15, 0.2) is 107 Å². The Kier molecular flexibility index (Phi) is 12.5. The van der Waals surface area contributed by atoms with Gasteiger partial charge in [0, 0.05) is 35.9 Å². The molecule has 0 saturated carbocycles. The van der Waals surface area contributed by atoms with E-state index in [-0.39, 0.29) is 35.2 Å². The third-order valence-corrected chi connectivity index (χ3v) is 8.01. The number of benzene rings is 3. The topological polar surface area (TPSA) is 112 Å². The summed E-state index contributed by atoms with van der Waals surface area (Å²) in [7, 11) is 3.34. The van der Waals surface area contributed by atoms with Gasteiger partial charge < -0.3 is 32.1 Å². The first-order chi connectivity index (χ1) is 21.1. The molecule has 0 radical (unpaired) electrons. The van der Waals surface area contributed by atoms with E-state index in [0.717, 1.165) is 13.0 Å². The predicted octanol–water partition coefficient (Wildman–Crippen LogP) is 1.68. The smallest absolute Gasteiger partial charge is 0.337 e. The number of hydrogen-bond donors (Lipinski definition) is 2. The first-order valence-corrected chi connectivity index (χ1v) is 14.7. The van der Waals surface area contributed by atoms with Crippen molar-refractivity contribution in [2.24, 2.45) is 0 Å². The number of nitrogens with one attached hydrogen (secondary N) is 2. The summed E-state index contributed by atoms with van der Waals surface area (Å²) in [5, 5.41) is 14.6. The summed E-state index contributed by atoms with van der Waals surface area (Å²) in [4.78, 5) is 38.9. The van der Waals surface area contributed by atoms with Crippen molar-refractivity contribution >= 4 is 17.6 Å². The molecule has 2 N–H and O–H groups in total. The van der Waals surface area contributed by atoms with Crippen LogP contribution in [0.3, 0.4) is 0 Å². The molecule has 1 aliphatic rings. The van der Waals surface area contributed by atoms with Gasteiger partial charge in [0.25, 0.3) is 5.69 Å². The molecule has 0 aromatic heterocycles. The van der Waals surface area contributed by atoms with Crippen LogP contribution >= 0.6 is 0 Å². The van der Waals surface area contributed by atoms with Gasteiger partial charge in [0.05, 0.1) is 42.7 Å². The maximum atomic E-state index is 13.8. The SMILES string of the molecule is COC(=O)C1=C(C)NC(C)=C(C(=O)OC(C)C[NH+](C)CCC(c2ccccc2)c2ccccc2)C1c1cccc([N+](=O)[O-])c1.[Cl-]. The number of methoxy groups -OCH3 is 1. The van der Waals surface area contributed by atoms with E-state index in [4.69, 9.17) is 9.47 Å². The van der Waals surface area contributed by atoms with E-state index in [1.807, 2.05) is 19.1 Å². The number of carbonyl (C=O) groups excluding carboxylic acids is 2. The molecule has 3 aromatic carbocycles. The van der Waals surface area contributed by atoms with E-state index in [1.54, 1.807) is 19.9 Å². The molecule has 10 heteroatoms. The number of nitrogens with zero attached hydrogens (tertiary/aromatic N) is 1. The van der Waals surface area contributed by atoms with Gasteiger partial charge in [0.15, 0.2) is 0 Å². The number of non-ortho nitro benzene ring substituents is 1. The first-order valence-electron chi connectivity index (χ1n) is 14.7. The van der Waals surface area contributed by atoms with Crippen LogP contribution in [-0.2, 0) is 19.1 Å². The number of likely N-dealkylation sites (N-methyl/N-ethyl adjacent to an activating group) is 1. The summed E-state index contributed by atoms with van der Waals surface area (Å²) in [5.74, 6) is -1.88. The van der Waals surface area contributed by atoms with Crippen LogP contribution in [0, 0.1) is 10.1 Å². The number of ether oxygens (including phenoxy) is 2. The Labute approximate surface area is 270 Å². The van der Waals surface area contributed by atoms with E-state index < -0.39 is 28.9 Å². The number of nitro benzene ring substituents is 1. The maximum Gasteiger partial charge on any atom is 0.337 e. The van der Waals surface area contributed by atoms with Crippen molar-refractivity contribution in [1.29, 1.82) is 0 Å². The maximum absolute atomic E-state index is 13.8. The van der Waals surface area contributed by atoms with E-state index in [1.165, 1.54) is 41.3 Å². The highest BCUT2D eigenvalue weighted by molar-refractivity contribution is 6.00. The number of halogens is 1. The molecule has 0 bridgehead atoms. The zero-order valence-corrected chi connectivity index (χ0v) is 27.0. The van der Waals surface area contributed by atoms with Crippen molar-refractivity contribution in [1.82, 2.24) is 5.32 Å². The Morgan fingerprint density at radius 3 is 2.00 bits per heavy atom. The van der Waals surface area contributed by atoms with Gasteiger partial charge in [0.1, 0.15) is 12.6 Å². The van der Waals surface area contributed by atoms with Gasteiger partial charge in [-0.2, -0.15) is 0 Å². The van der Waals surface area contributed by atoms with Gasteiger partial charge in [-0.05, 0) is 37.5 Å². The highest BCUT2D eigenvalue weighted by Gasteiger charge is 2.39. The fourth-order valence-electron chi connectivity index (χ4n) is 5.96. The minimum Gasteiger partial charge on any atom is -1.00 e. The number of quaternary nitrogens is 1. The molecular weight excluding hydrogens is 594 g/mol. The Bertz CT molecular complexity index is 1520. The summed E-state index contributed by atoms with van der Waals surface area (Å²) in [6.45, 7) is 6.71. The standard InChI is InChI=1S/C35H39N3O6.ClH/c1-23(22-37(4)20-19-30(26-13-8-6-9-14-26)27-15-10-7-11-16-27)44-35(40)32-25(3)36-24(2)31(34(39)43-5)33(32)28-17-12-18-29(21-28)38(41)42;/h6-18,21,23,30,33,36H,19-20,22H2,1-5H3;1H. The number of hydrogen-bond acceptors (Lipinski definition) is 7. The molecule has 0 fully saturated rings. The van der Waals surface area contributed by atoms with Crippen molar-refractivity contribution in [3.8, 4) is 0 Å². The van der Waals surface area contributed by atoms with Crippen LogP contribution in [0.2, 0.25) is 0 Å². The third-order valence-electron chi connectivity index (χ3n) is 8.01. The summed E-state index contributed by atoms with van der Waals surface area (Å²) >= 11 is 0. The predicted molar refractivity (Wildman–Crippen MR) is 168 cm³/mol. The van der Waals surface area contributed by atoms with Crippen molar-refractivity contribution in [2.45, 2.75) is 45.1 Å². The Balaban J connectivity index is 0.00000552. The summed E-state index contributed by atoms with van der Waals surface area (Å²) in [6, 6.07) is 26.8. The summed E-state index contributed by atoms with van der Waals surface area (Å²) in [6.07, 6.45) is 0.477. The second kappa shape index (κ2) is 16.0. The lowest BCUT2D eigenvalue weighted by molar-refractivity contribution is -0.882. The normalized spacial score (nSPS) is 15.9. The van der Waals surface area contributed by atoms with E-state index in [9.17, 15) is 19.7 Å². The molecule has 1 aliphatic heterocycles. The number of esters is 2. The molecule has 0 saturated heterocycles. The number of rotatable bonds is 12. The summed E-state index contributed by atoms with van der Waals surface area (Å²) in [5.41, 5.74) is 4.24. The van der Waals surface area contributed by atoms with E-state index in [2.05, 4.69) is 60.9 Å². The van der Waals surface area contributed by atoms with E-state index >= 15 is 0 Å². The number of carbonyl (C=O) groups is 2. The first kappa shape index (κ1) is 35.0. The molecule has 45 heavy (non-hydrogen) atoms. The van der Waals surface area contributed by atoms with Gasteiger partial charge in [-0.3, -0.25) is 10.1 Å². The quantitative estimate of drug-likeness (QED) is 0.177. The highest BCUT2D eigenvalue weighted by atomic mass is 35.5. The molecule has 1 heterocycles. The van der Waals surface area contributed by atoms with Crippen LogP contribution in [0.5, 0.6) is 0 Å². The summed E-state index contributed by atoms with van der Waals surface area (Å²) < 4.78 is 11.0. The lowest BCUT2D eigenvalue weighted by atomic mass is 9.80. The third kappa shape index (κ3) is 8.59. The second-order valence-electron chi connectivity index (χ2n) is 11.3. The lowest BCUT2D eigenvalue weighted by Gasteiger charge is -2.31. The minimum atomic E-state index is -0.897. The zero-order chi connectivity index (χ0) is 31.8. The Morgan fingerprint density at radius 2 is 1.47 bits per heavy atom. The van der Waals surface area contributed by atoms with E-state index in [0.29, 0.717) is 23.5 Å². The largest absolute Gasteiger partial charge is 1.00 e. The van der Waals surface area contributed by atoms with Gasteiger partial charge in [0.2, 0.25) is 0 Å². The van der Waals surface area contributed by atoms with Crippen molar-refractivity contribution in [2.75, 3.05) is 27.2 Å². The van der Waals surface area contributed by atoms with Crippen molar-refractivity contribution in [3.05, 3.63) is 134 Å². The molecular formula is C35H40ClN3O6. The van der Waals surface area contributed by atoms with Gasteiger partial charge in [-0.15, -0.1) is 0 Å². The van der Waals surface area contributed by atoms with Crippen LogP contribution in [0.4, 0.5) is 5.69 Å². The minimum absolute atomic E-state index is 0. The lowest BCUT2D eigenvalue weighted by Crippen LogP contribution is -3.10. The van der Waals surface area contributed by atoms with Crippen LogP contribution in [-0.4, -0.2) is 50.2 Å². The fraction of sp³-hybridized carbons (Fsp3) is 0.314. The van der Waals surface area contributed by atoms with Crippen molar-refractivity contribution < 1.29 is 41.3 Å². The average molecular weight is 634 g/mol. The molecule has 3 atom stereocenters. The van der Waals surface area contributed by atoms with Gasteiger partial charge in [-0.25, -0.2) is 9.59 Å². The molecule has 4 rings (SSSR count). The monoisotopic (exact) mass is 633 g/mol. The Morgan fingerprint density at radius 1 is 0.911 bits per heavy atom. The average Bonchev–Trinajstić information content (AvgIpc) is 3.01. The fourth-order valence-corrected chi connectivity index (χ4v) is 5.96. The van der Waals surface area contributed by atoms with Crippen LogP contribution in [0.1, 0.15) is 55.7 Å². The highest BCUT2D eigenvalue weighted by Crippen LogP contribution is 2.40. The molecule has 0 amide bonds.